The Morgan fingerprint density at radius 2 is 0.963 bits per heavy atom. The van der Waals surface area contributed by atoms with Gasteiger partial charge in [-0.15, -0.1) is 0 Å². The van der Waals surface area contributed by atoms with Gasteiger partial charge in [-0.25, -0.2) is 0 Å². The van der Waals surface area contributed by atoms with Crippen molar-refractivity contribution in [1.82, 2.24) is 0 Å². The molecule has 0 radical (unpaired) electrons. The minimum absolute atomic E-state index is 0.0249. The van der Waals surface area contributed by atoms with E-state index in [0.29, 0.717) is 25.0 Å². The van der Waals surface area contributed by atoms with E-state index >= 15 is 0 Å². The Morgan fingerprint density at radius 1 is 0.630 bits per heavy atom. The molecule has 0 bridgehead atoms. The SMILES string of the molecule is CCOC(=O)C1CCCCCC1C.CCOC(=O)C1CCCCCCC1C. The van der Waals surface area contributed by atoms with Crippen LogP contribution < -0.4 is 0 Å². The van der Waals surface area contributed by atoms with Gasteiger partial charge in [-0.05, 0) is 51.4 Å². The Bertz CT molecular complexity index is 421. The maximum atomic E-state index is 11.7. The van der Waals surface area contributed by atoms with Gasteiger partial charge in [0.15, 0.2) is 0 Å². The second kappa shape index (κ2) is 14.0. The molecule has 2 saturated carbocycles. The smallest absolute Gasteiger partial charge is 0.309 e. The van der Waals surface area contributed by atoms with Crippen LogP contribution in [0.1, 0.15) is 98.3 Å². The molecule has 0 amide bonds. The summed E-state index contributed by atoms with van der Waals surface area (Å²) in [4.78, 5) is 23.2. The number of hydrogen-bond acceptors (Lipinski definition) is 4. The molecule has 4 atom stereocenters. The van der Waals surface area contributed by atoms with E-state index in [4.69, 9.17) is 9.47 Å². The van der Waals surface area contributed by atoms with Crippen molar-refractivity contribution < 1.29 is 19.1 Å². The highest BCUT2D eigenvalue weighted by molar-refractivity contribution is 5.73. The van der Waals surface area contributed by atoms with Gasteiger partial charge in [-0.2, -0.15) is 0 Å². The quantitative estimate of drug-likeness (QED) is 0.447. The van der Waals surface area contributed by atoms with Crippen molar-refractivity contribution in [1.29, 1.82) is 0 Å². The summed E-state index contributed by atoms with van der Waals surface area (Å²) >= 11 is 0. The Balaban J connectivity index is 0.000000271. The lowest BCUT2D eigenvalue weighted by atomic mass is 9.83. The number of rotatable bonds is 4. The first-order chi connectivity index (χ1) is 13.0. The molecule has 2 aliphatic carbocycles. The van der Waals surface area contributed by atoms with Crippen molar-refractivity contribution in [2.75, 3.05) is 13.2 Å². The summed E-state index contributed by atoms with van der Waals surface area (Å²) in [6.07, 6.45) is 13.2. The molecule has 4 nitrogen and oxygen atoms in total. The fraction of sp³-hybridized carbons (Fsp3) is 0.913. The van der Waals surface area contributed by atoms with E-state index in [1.165, 1.54) is 57.8 Å². The van der Waals surface area contributed by atoms with Crippen LogP contribution in [0.3, 0.4) is 0 Å². The van der Waals surface area contributed by atoms with E-state index < -0.39 is 0 Å². The standard InChI is InChI=1S/C12H22O2.C11H20O2/c1-3-14-12(13)11-9-7-5-4-6-8-10(11)2;1-3-13-11(12)10-8-6-4-5-7-9(10)2/h10-11H,3-9H2,1-2H3;9-10H,3-8H2,1-2H3. The van der Waals surface area contributed by atoms with Crippen LogP contribution in [-0.4, -0.2) is 25.2 Å². The lowest BCUT2D eigenvalue weighted by molar-refractivity contribution is -0.151. The molecule has 2 rings (SSSR count). The molecule has 4 unspecified atom stereocenters. The molecular weight excluding hydrogens is 340 g/mol. The van der Waals surface area contributed by atoms with Crippen molar-refractivity contribution in [3.05, 3.63) is 0 Å². The average Bonchev–Trinajstić information content (AvgIpc) is 2.84. The van der Waals surface area contributed by atoms with Gasteiger partial charge in [-0.3, -0.25) is 9.59 Å². The van der Waals surface area contributed by atoms with Crippen LogP contribution in [-0.2, 0) is 19.1 Å². The summed E-state index contributed by atoms with van der Waals surface area (Å²) in [6, 6.07) is 0. The number of esters is 2. The molecule has 2 fully saturated rings. The van der Waals surface area contributed by atoms with E-state index in [0.717, 1.165) is 12.8 Å². The third-order valence-corrected chi connectivity index (χ3v) is 6.15. The van der Waals surface area contributed by atoms with Gasteiger partial charge in [0.25, 0.3) is 0 Å². The van der Waals surface area contributed by atoms with Gasteiger partial charge in [0, 0.05) is 0 Å². The Morgan fingerprint density at radius 3 is 1.33 bits per heavy atom. The van der Waals surface area contributed by atoms with E-state index in [2.05, 4.69) is 13.8 Å². The molecule has 0 aromatic carbocycles. The fourth-order valence-electron chi connectivity index (χ4n) is 4.36. The molecule has 27 heavy (non-hydrogen) atoms. The van der Waals surface area contributed by atoms with Crippen LogP contribution in [0.5, 0.6) is 0 Å². The summed E-state index contributed by atoms with van der Waals surface area (Å²) in [6.45, 7) is 9.15. The molecule has 158 valence electrons. The highest BCUT2D eigenvalue weighted by Crippen LogP contribution is 2.29. The van der Waals surface area contributed by atoms with Gasteiger partial charge in [0.1, 0.15) is 0 Å². The van der Waals surface area contributed by atoms with Crippen LogP contribution in [0.15, 0.2) is 0 Å². The van der Waals surface area contributed by atoms with Crippen LogP contribution in [0.4, 0.5) is 0 Å². The molecule has 0 N–H and O–H groups in total. The van der Waals surface area contributed by atoms with Gasteiger partial charge >= 0.3 is 11.9 Å². The summed E-state index contributed by atoms with van der Waals surface area (Å²) in [5, 5.41) is 0. The van der Waals surface area contributed by atoms with E-state index in [1.807, 2.05) is 13.8 Å². The van der Waals surface area contributed by atoms with Crippen LogP contribution >= 0.6 is 0 Å². The van der Waals surface area contributed by atoms with Crippen LogP contribution in [0.2, 0.25) is 0 Å². The summed E-state index contributed by atoms with van der Waals surface area (Å²) in [5.74, 6) is 1.41. The van der Waals surface area contributed by atoms with Gasteiger partial charge in [0.2, 0.25) is 0 Å². The summed E-state index contributed by atoms with van der Waals surface area (Å²) < 4.78 is 10.2. The second-order valence-electron chi connectivity index (χ2n) is 8.30. The molecule has 0 aromatic heterocycles. The van der Waals surface area contributed by atoms with Gasteiger partial charge in [0.05, 0.1) is 25.0 Å². The average molecular weight is 383 g/mol. The first kappa shape index (κ1) is 24.0. The van der Waals surface area contributed by atoms with Crippen molar-refractivity contribution >= 4 is 11.9 Å². The highest BCUT2D eigenvalue weighted by Gasteiger charge is 2.27. The predicted molar refractivity (Wildman–Crippen MR) is 109 cm³/mol. The lowest BCUT2D eigenvalue weighted by Crippen LogP contribution is -2.25. The summed E-state index contributed by atoms with van der Waals surface area (Å²) in [7, 11) is 0. The van der Waals surface area contributed by atoms with Gasteiger partial charge in [-0.1, -0.05) is 58.8 Å². The van der Waals surface area contributed by atoms with Crippen molar-refractivity contribution in [3.63, 3.8) is 0 Å². The maximum absolute atomic E-state index is 11.7. The van der Waals surface area contributed by atoms with Crippen LogP contribution in [0, 0.1) is 23.7 Å². The Kier molecular flexibility index (Phi) is 12.4. The molecule has 4 heteroatoms. The molecule has 2 aliphatic rings. The zero-order chi connectivity index (χ0) is 20.1. The first-order valence-corrected chi connectivity index (χ1v) is 11.3. The molecular formula is C23H42O4. The van der Waals surface area contributed by atoms with Crippen molar-refractivity contribution in [3.8, 4) is 0 Å². The minimum Gasteiger partial charge on any atom is -0.466 e. The number of ether oxygens (including phenoxy) is 2. The fourth-order valence-corrected chi connectivity index (χ4v) is 4.36. The second-order valence-corrected chi connectivity index (χ2v) is 8.30. The highest BCUT2D eigenvalue weighted by atomic mass is 16.5. The molecule has 0 spiro atoms. The molecule has 0 aliphatic heterocycles. The van der Waals surface area contributed by atoms with Crippen molar-refractivity contribution in [2.24, 2.45) is 23.7 Å². The van der Waals surface area contributed by atoms with Crippen LogP contribution in [0.25, 0.3) is 0 Å². The van der Waals surface area contributed by atoms with E-state index in [1.54, 1.807) is 0 Å². The predicted octanol–water partition coefficient (Wildman–Crippen LogP) is 5.92. The number of carbonyl (C=O) groups is 2. The Labute approximate surface area is 166 Å². The largest absolute Gasteiger partial charge is 0.466 e. The Hall–Kier alpha value is -1.06. The monoisotopic (exact) mass is 382 g/mol. The normalized spacial score (nSPS) is 29.2. The summed E-state index contributed by atoms with van der Waals surface area (Å²) in [5.41, 5.74) is 0. The van der Waals surface area contributed by atoms with Crippen molar-refractivity contribution in [2.45, 2.75) is 98.3 Å². The maximum Gasteiger partial charge on any atom is 0.309 e. The zero-order valence-corrected chi connectivity index (χ0v) is 18.1. The minimum atomic E-state index is 0.0249. The number of carbonyl (C=O) groups excluding carboxylic acids is 2. The third kappa shape index (κ3) is 9.12. The van der Waals surface area contributed by atoms with Gasteiger partial charge < -0.3 is 9.47 Å². The molecule has 0 aromatic rings. The molecule has 0 saturated heterocycles. The molecule has 0 heterocycles. The first-order valence-electron chi connectivity index (χ1n) is 11.3. The van der Waals surface area contributed by atoms with E-state index in [9.17, 15) is 9.59 Å². The van der Waals surface area contributed by atoms with E-state index in [-0.39, 0.29) is 23.8 Å². The lowest BCUT2D eigenvalue weighted by Gasteiger charge is -2.24. The zero-order valence-electron chi connectivity index (χ0n) is 18.1. The third-order valence-electron chi connectivity index (χ3n) is 6.15. The topological polar surface area (TPSA) is 52.6 Å². The number of hydrogen-bond donors (Lipinski definition) is 0.